The van der Waals surface area contributed by atoms with Crippen LogP contribution in [0.2, 0.25) is 0 Å². The van der Waals surface area contributed by atoms with E-state index in [0.29, 0.717) is 12.5 Å². The van der Waals surface area contributed by atoms with Crippen LogP contribution in [0.5, 0.6) is 0 Å². The minimum Gasteiger partial charge on any atom is -0.396 e. The Hall–Kier alpha value is -0.610. The number of amides is 1. The van der Waals surface area contributed by atoms with Crippen molar-refractivity contribution in [2.75, 3.05) is 19.7 Å². The molecule has 2 atom stereocenters. The molecular weight excluding hydrogens is 216 g/mol. The van der Waals surface area contributed by atoms with E-state index in [-0.39, 0.29) is 18.6 Å². The highest BCUT2D eigenvalue weighted by molar-refractivity contribution is 5.77. The lowest BCUT2D eigenvalue weighted by Gasteiger charge is -2.26. The third-order valence-electron chi connectivity index (χ3n) is 3.43. The average Bonchev–Trinajstić information content (AvgIpc) is 2.74. The van der Waals surface area contributed by atoms with Gasteiger partial charge in [-0.1, -0.05) is 6.92 Å². The minimum absolute atomic E-state index is 0.228. The van der Waals surface area contributed by atoms with Gasteiger partial charge in [-0.25, -0.2) is 0 Å². The van der Waals surface area contributed by atoms with Crippen LogP contribution < -0.4 is 5.32 Å². The monoisotopic (exact) mass is 242 g/mol. The fourth-order valence-corrected chi connectivity index (χ4v) is 2.59. The predicted molar refractivity (Wildman–Crippen MR) is 68.8 cm³/mol. The number of carbonyl (C=O) groups is 1. The fraction of sp³-hybridized carbons (Fsp3) is 0.923. The highest BCUT2D eigenvalue weighted by Crippen LogP contribution is 2.22. The van der Waals surface area contributed by atoms with Crippen LogP contribution in [-0.2, 0) is 4.79 Å². The van der Waals surface area contributed by atoms with Crippen LogP contribution in [0.1, 0.15) is 46.0 Å². The summed E-state index contributed by atoms with van der Waals surface area (Å²) in [6.45, 7) is 6.14. The molecule has 1 fully saturated rings. The molecule has 0 spiro atoms. The van der Waals surface area contributed by atoms with E-state index in [1.807, 2.05) is 4.90 Å². The lowest BCUT2D eigenvalue weighted by atomic mass is 10.1. The first-order valence-corrected chi connectivity index (χ1v) is 6.82. The third-order valence-corrected chi connectivity index (χ3v) is 3.43. The van der Waals surface area contributed by atoms with Gasteiger partial charge in [0.05, 0.1) is 0 Å². The molecule has 1 aliphatic rings. The largest absolute Gasteiger partial charge is 0.396 e. The summed E-state index contributed by atoms with van der Waals surface area (Å²) in [5.41, 5.74) is 0. The quantitative estimate of drug-likeness (QED) is 0.704. The van der Waals surface area contributed by atoms with Crippen LogP contribution >= 0.6 is 0 Å². The topological polar surface area (TPSA) is 52.6 Å². The molecule has 0 aliphatic carbocycles. The lowest BCUT2D eigenvalue weighted by molar-refractivity contribution is -0.132. The Morgan fingerprint density at radius 1 is 1.59 bits per heavy atom. The van der Waals surface area contributed by atoms with E-state index in [4.69, 9.17) is 5.11 Å². The van der Waals surface area contributed by atoms with Gasteiger partial charge in [-0.3, -0.25) is 4.79 Å². The third kappa shape index (κ3) is 4.64. The smallest absolute Gasteiger partial charge is 0.224 e. The van der Waals surface area contributed by atoms with Crippen molar-refractivity contribution in [3.8, 4) is 0 Å². The summed E-state index contributed by atoms with van der Waals surface area (Å²) in [4.78, 5) is 14.1. The Labute approximate surface area is 104 Å². The molecule has 0 saturated carbocycles. The van der Waals surface area contributed by atoms with Gasteiger partial charge in [0.1, 0.15) is 0 Å². The van der Waals surface area contributed by atoms with Crippen LogP contribution in [-0.4, -0.2) is 47.7 Å². The van der Waals surface area contributed by atoms with Crippen molar-refractivity contribution in [2.45, 2.75) is 58.0 Å². The van der Waals surface area contributed by atoms with Gasteiger partial charge in [0.15, 0.2) is 0 Å². The second-order valence-corrected chi connectivity index (χ2v) is 4.91. The normalized spacial score (nSPS) is 21.8. The first kappa shape index (κ1) is 14.5. The Kier molecular flexibility index (Phi) is 6.52. The van der Waals surface area contributed by atoms with Gasteiger partial charge in [0, 0.05) is 31.7 Å². The van der Waals surface area contributed by atoms with Crippen molar-refractivity contribution in [3.05, 3.63) is 0 Å². The lowest BCUT2D eigenvalue weighted by Crippen LogP contribution is -2.39. The van der Waals surface area contributed by atoms with Crippen molar-refractivity contribution in [3.63, 3.8) is 0 Å². The van der Waals surface area contributed by atoms with Crippen LogP contribution in [0.25, 0.3) is 0 Å². The molecule has 0 bridgehead atoms. The number of nitrogens with one attached hydrogen (secondary N) is 1. The molecule has 1 aliphatic heterocycles. The van der Waals surface area contributed by atoms with Crippen molar-refractivity contribution in [1.29, 1.82) is 0 Å². The van der Waals surface area contributed by atoms with Crippen LogP contribution in [0.15, 0.2) is 0 Å². The molecule has 17 heavy (non-hydrogen) atoms. The second kappa shape index (κ2) is 7.67. The molecule has 2 unspecified atom stereocenters. The fourth-order valence-electron chi connectivity index (χ4n) is 2.59. The van der Waals surface area contributed by atoms with Crippen LogP contribution in [0.3, 0.4) is 0 Å². The first-order valence-electron chi connectivity index (χ1n) is 6.82. The summed E-state index contributed by atoms with van der Waals surface area (Å²) < 4.78 is 0. The van der Waals surface area contributed by atoms with Crippen molar-refractivity contribution in [2.24, 2.45) is 0 Å². The zero-order chi connectivity index (χ0) is 12.7. The molecule has 4 nitrogen and oxygen atoms in total. The van der Waals surface area contributed by atoms with Gasteiger partial charge in [0.25, 0.3) is 0 Å². The molecule has 4 heteroatoms. The highest BCUT2D eigenvalue weighted by atomic mass is 16.3. The molecule has 0 aromatic rings. The molecule has 1 heterocycles. The Balaban J connectivity index is 2.38. The predicted octanol–water partition coefficient (Wildman–Crippen LogP) is 1.14. The molecule has 1 amide bonds. The summed E-state index contributed by atoms with van der Waals surface area (Å²) in [7, 11) is 0. The molecule has 100 valence electrons. The van der Waals surface area contributed by atoms with E-state index in [2.05, 4.69) is 19.2 Å². The summed E-state index contributed by atoms with van der Waals surface area (Å²) in [5, 5.41) is 12.1. The van der Waals surface area contributed by atoms with Crippen molar-refractivity contribution < 1.29 is 9.90 Å². The van der Waals surface area contributed by atoms with Gasteiger partial charge in [-0.2, -0.15) is 0 Å². The molecule has 1 rings (SSSR count). The maximum Gasteiger partial charge on any atom is 0.224 e. The number of rotatable bonds is 7. The summed E-state index contributed by atoms with van der Waals surface area (Å²) >= 11 is 0. The Morgan fingerprint density at radius 2 is 2.35 bits per heavy atom. The zero-order valence-electron chi connectivity index (χ0n) is 11.1. The number of hydrogen-bond donors (Lipinski definition) is 2. The number of likely N-dealkylation sites (tertiary alicyclic amines) is 1. The van der Waals surface area contributed by atoms with Gasteiger partial charge in [-0.05, 0) is 39.2 Å². The van der Waals surface area contributed by atoms with Gasteiger partial charge >= 0.3 is 0 Å². The Morgan fingerprint density at radius 3 is 3.00 bits per heavy atom. The zero-order valence-corrected chi connectivity index (χ0v) is 11.1. The number of carbonyl (C=O) groups excluding carboxylic acids is 1. The standard InChI is InChI=1S/C13H26N2O2/c1-3-14-11(2)10-13(17)15-8-4-6-12(15)7-5-9-16/h11-12,14,16H,3-10H2,1-2H3. The number of aliphatic hydroxyl groups is 1. The van der Waals surface area contributed by atoms with E-state index in [0.717, 1.165) is 38.8 Å². The van der Waals surface area contributed by atoms with Crippen LogP contribution in [0, 0.1) is 0 Å². The van der Waals surface area contributed by atoms with Gasteiger partial charge < -0.3 is 15.3 Å². The van der Waals surface area contributed by atoms with E-state index in [9.17, 15) is 4.79 Å². The summed E-state index contributed by atoms with van der Waals surface area (Å²) in [6, 6.07) is 0.620. The van der Waals surface area contributed by atoms with E-state index < -0.39 is 0 Å². The summed E-state index contributed by atoms with van der Waals surface area (Å²) in [5.74, 6) is 0.263. The highest BCUT2D eigenvalue weighted by Gasteiger charge is 2.28. The molecular formula is C13H26N2O2. The number of hydrogen-bond acceptors (Lipinski definition) is 3. The van der Waals surface area contributed by atoms with E-state index in [1.165, 1.54) is 0 Å². The average molecular weight is 242 g/mol. The molecule has 1 saturated heterocycles. The maximum absolute atomic E-state index is 12.1. The Bertz CT molecular complexity index is 233. The SMILES string of the molecule is CCNC(C)CC(=O)N1CCCC1CCCO. The minimum atomic E-state index is 0.228. The molecule has 2 N–H and O–H groups in total. The first-order chi connectivity index (χ1) is 8.19. The second-order valence-electron chi connectivity index (χ2n) is 4.91. The van der Waals surface area contributed by atoms with E-state index in [1.54, 1.807) is 0 Å². The van der Waals surface area contributed by atoms with Gasteiger partial charge in [0.2, 0.25) is 5.91 Å². The van der Waals surface area contributed by atoms with Gasteiger partial charge in [-0.15, -0.1) is 0 Å². The van der Waals surface area contributed by atoms with E-state index >= 15 is 0 Å². The molecule has 0 aromatic heterocycles. The van der Waals surface area contributed by atoms with Crippen LogP contribution in [0.4, 0.5) is 0 Å². The molecule has 0 aromatic carbocycles. The summed E-state index contributed by atoms with van der Waals surface area (Å²) in [6.07, 6.45) is 4.54. The van der Waals surface area contributed by atoms with Crippen molar-refractivity contribution >= 4 is 5.91 Å². The number of nitrogens with zero attached hydrogens (tertiary/aromatic N) is 1. The molecule has 0 radical (unpaired) electrons. The van der Waals surface area contributed by atoms with Crippen molar-refractivity contribution in [1.82, 2.24) is 10.2 Å². The number of aliphatic hydroxyl groups excluding tert-OH is 1. The maximum atomic E-state index is 12.1.